The molecule has 162 valence electrons. The quantitative estimate of drug-likeness (QED) is 0.757. The number of carbonyl (C=O) groups is 1. The number of amides is 1. The van der Waals surface area contributed by atoms with E-state index in [-0.39, 0.29) is 35.6 Å². The fourth-order valence-electron chi connectivity index (χ4n) is 3.77. The Morgan fingerprint density at radius 2 is 1.63 bits per heavy atom. The Labute approximate surface area is 178 Å². The molecule has 1 saturated heterocycles. The zero-order valence-corrected chi connectivity index (χ0v) is 18.6. The van der Waals surface area contributed by atoms with Crippen LogP contribution in [0.4, 0.5) is 5.69 Å². The van der Waals surface area contributed by atoms with E-state index in [0.29, 0.717) is 18.6 Å². The second-order valence-electron chi connectivity index (χ2n) is 7.56. The number of methoxy groups -OCH3 is 2. The molecule has 1 aliphatic heterocycles. The zero-order chi connectivity index (χ0) is 21.9. The van der Waals surface area contributed by atoms with Crippen molar-refractivity contribution in [3.05, 3.63) is 47.5 Å². The van der Waals surface area contributed by atoms with Gasteiger partial charge in [0.15, 0.2) is 0 Å². The largest absolute Gasteiger partial charge is 0.497 e. The van der Waals surface area contributed by atoms with Crippen molar-refractivity contribution < 1.29 is 22.7 Å². The molecule has 0 unspecified atom stereocenters. The molecule has 7 nitrogen and oxygen atoms in total. The molecule has 0 saturated carbocycles. The van der Waals surface area contributed by atoms with E-state index in [4.69, 9.17) is 9.47 Å². The van der Waals surface area contributed by atoms with Gasteiger partial charge in [-0.15, -0.1) is 0 Å². The van der Waals surface area contributed by atoms with Gasteiger partial charge < -0.3 is 14.8 Å². The first-order valence-corrected chi connectivity index (χ1v) is 11.3. The zero-order valence-electron chi connectivity index (χ0n) is 17.8. The highest BCUT2D eigenvalue weighted by Gasteiger charge is 2.34. The summed E-state index contributed by atoms with van der Waals surface area (Å²) in [5.41, 5.74) is 2.94. The number of rotatable bonds is 6. The molecule has 1 N–H and O–H groups in total. The summed E-state index contributed by atoms with van der Waals surface area (Å²) in [4.78, 5) is 12.8. The lowest BCUT2D eigenvalue weighted by atomic mass is 9.97. The van der Waals surface area contributed by atoms with E-state index >= 15 is 0 Å². The lowest BCUT2D eigenvalue weighted by molar-refractivity contribution is -0.120. The van der Waals surface area contributed by atoms with Crippen molar-refractivity contribution >= 4 is 21.6 Å². The highest BCUT2D eigenvalue weighted by Crippen LogP contribution is 2.32. The van der Waals surface area contributed by atoms with Gasteiger partial charge in [0.05, 0.1) is 14.2 Å². The minimum Gasteiger partial charge on any atom is -0.497 e. The third kappa shape index (κ3) is 4.76. The van der Waals surface area contributed by atoms with Crippen LogP contribution in [0.1, 0.15) is 24.0 Å². The maximum absolute atomic E-state index is 13.2. The van der Waals surface area contributed by atoms with Crippen molar-refractivity contribution in [1.82, 2.24) is 4.31 Å². The Morgan fingerprint density at radius 3 is 2.20 bits per heavy atom. The third-order valence-corrected chi connectivity index (χ3v) is 7.22. The van der Waals surface area contributed by atoms with Gasteiger partial charge in [0.2, 0.25) is 15.9 Å². The SMILES string of the molecule is COc1ccc(OC)c(S(=O)(=O)N2CCC(C(=O)Nc3cc(C)cc(C)c3)CC2)c1. The fraction of sp³-hybridized carbons (Fsp3) is 0.409. The van der Waals surface area contributed by atoms with Gasteiger partial charge in [-0.2, -0.15) is 4.31 Å². The molecule has 0 atom stereocenters. The normalized spacial score (nSPS) is 15.6. The Kier molecular flexibility index (Phi) is 6.67. The number of hydrogen-bond donors (Lipinski definition) is 1. The number of sulfonamides is 1. The lowest BCUT2D eigenvalue weighted by Crippen LogP contribution is -2.41. The number of ether oxygens (including phenoxy) is 2. The number of aryl methyl sites for hydroxylation is 2. The third-order valence-electron chi connectivity index (χ3n) is 5.30. The van der Waals surface area contributed by atoms with E-state index in [0.717, 1.165) is 16.8 Å². The summed E-state index contributed by atoms with van der Waals surface area (Å²) in [6, 6.07) is 10.6. The van der Waals surface area contributed by atoms with Crippen LogP contribution < -0.4 is 14.8 Å². The Hall–Kier alpha value is -2.58. The molecule has 0 spiro atoms. The molecule has 1 heterocycles. The molecule has 30 heavy (non-hydrogen) atoms. The summed E-state index contributed by atoms with van der Waals surface area (Å²) in [7, 11) is -0.841. The van der Waals surface area contributed by atoms with Gasteiger partial charge in [-0.05, 0) is 62.1 Å². The van der Waals surface area contributed by atoms with Crippen LogP contribution >= 0.6 is 0 Å². The molecule has 8 heteroatoms. The molecule has 1 amide bonds. The number of hydrogen-bond acceptors (Lipinski definition) is 5. The van der Waals surface area contributed by atoms with Crippen molar-refractivity contribution in [3.63, 3.8) is 0 Å². The average Bonchev–Trinajstić information content (AvgIpc) is 2.72. The van der Waals surface area contributed by atoms with Crippen molar-refractivity contribution in [2.24, 2.45) is 5.92 Å². The average molecular weight is 433 g/mol. The summed E-state index contributed by atoms with van der Waals surface area (Å²) in [5, 5.41) is 2.97. The highest BCUT2D eigenvalue weighted by molar-refractivity contribution is 7.89. The fourth-order valence-corrected chi connectivity index (χ4v) is 5.41. The molecule has 0 aliphatic carbocycles. The number of nitrogens with zero attached hydrogens (tertiary/aromatic N) is 1. The van der Waals surface area contributed by atoms with Crippen molar-refractivity contribution in [2.45, 2.75) is 31.6 Å². The van der Waals surface area contributed by atoms with Crippen LogP contribution in [0.5, 0.6) is 11.5 Å². The van der Waals surface area contributed by atoms with Gasteiger partial charge in [0.1, 0.15) is 16.4 Å². The van der Waals surface area contributed by atoms with E-state index < -0.39 is 10.0 Å². The second-order valence-corrected chi connectivity index (χ2v) is 9.47. The van der Waals surface area contributed by atoms with E-state index in [9.17, 15) is 13.2 Å². The van der Waals surface area contributed by atoms with Crippen LogP contribution in [0.2, 0.25) is 0 Å². The van der Waals surface area contributed by atoms with Crippen LogP contribution in [0.3, 0.4) is 0 Å². The van der Waals surface area contributed by atoms with Gasteiger partial charge in [-0.25, -0.2) is 8.42 Å². The first kappa shape index (κ1) is 22.1. The Morgan fingerprint density at radius 1 is 1.00 bits per heavy atom. The molecule has 1 aliphatic rings. The first-order chi connectivity index (χ1) is 14.2. The maximum Gasteiger partial charge on any atom is 0.246 e. The molecule has 2 aromatic rings. The molecular formula is C22H28N2O5S. The highest BCUT2D eigenvalue weighted by atomic mass is 32.2. The van der Waals surface area contributed by atoms with Crippen molar-refractivity contribution in [2.75, 3.05) is 32.6 Å². The van der Waals surface area contributed by atoms with Gasteiger partial charge in [-0.3, -0.25) is 4.79 Å². The summed E-state index contributed by atoms with van der Waals surface area (Å²) >= 11 is 0. The smallest absolute Gasteiger partial charge is 0.246 e. The molecule has 0 radical (unpaired) electrons. The maximum atomic E-state index is 13.2. The summed E-state index contributed by atoms with van der Waals surface area (Å²) in [6.45, 7) is 4.51. The number of anilines is 1. The summed E-state index contributed by atoms with van der Waals surface area (Å²) in [6.07, 6.45) is 0.921. The van der Waals surface area contributed by atoms with E-state index in [1.807, 2.05) is 32.0 Å². The van der Waals surface area contributed by atoms with Crippen molar-refractivity contribution in [1.29, 1.82) is 0 Å². The number of carbonyl (C=O) groups excluding carboxylic acids is 1. The van der Waals surface area contributed by atoms with Crippen molar-refractivity contribution in [3.8, 4) is 11.5 Å². The molecular weight excluding hydrogens is 404 g/mol. The van der Waals surface area contributed by atoms with E-state index in [2.05, 4.69) is 5.32 Å². The molecule has 0 aromatic heterocycles. The predicted octanol–water partition coefficient (Wildman–Crippen LogP) is 3.36. The molecule has 1 fully saturated rings. The lowest BCUT2D eigenvalue weighted by Gasteiger charge is -2.31. The summed E-state index contributed by atoms with van der Waals surface area (Å²) in [5.74, 6) is 0.406. The second kappa shape index (κ2) is 9.06. The molecule has 0 bridgehead atoms. The standard InChI is InChI=1S/C22H28N2O5S/c1-15-11-16(2)13-18(12-15)23-22(25)17-7-9-24(10-8-17)30(26,27)21-14-19(28-3)5-6-20(21)29-4/h5-6,11-14,17H,7-10H2,1-4H3,(H,23,25). The van der Waals surface area contributed by atoms with Gasteiger partial charge in [0, 0.05) is 30.8 Å². The predicted molar refractivity (Wildman–Crippen MR) is 116 cm³/mol. The molecule has 2 aromatic carbocycles. The van der Waals surface area contributed by atoms with Crippen LogP contribution in [0.25, 0.3) is 0 Å². The van der Waals surface area contributed by atoms with Gasteiger partial charge in [-0.1, -0.05) is 6.07 Å². The van der Waals surface area contributed by atoms with E-state index in [1.165, 1.54) is 24.6 Å². The molecule has 3 rings (SSSR count). The number of piperidine rings is 1. The van der Waals surface area contributed by atoms with Crippen LogP contribution in [0, 0.1) is 19.8 Å². The van der Waals surface area contributed by atoms with Crippen LogP contribution in [-0.2, 0) is 14.8 Å². The Bertz CT molecular complexity index is 1010. The topological polar surface area (TPSA) is 84.9 Å². The number of nitrogens with one attached hydrogen (secondary N) is 1. The minimum atomic E-state index is -3.76. The number of benzene rings is 2. The van der Waals surface area contributed by atoms with Gasteiger partial charge in [0.25, 0.3) is 0 Å². The van der Waals surface area contributed by atoms with Gasteiger partial charge >= 0.3 is 0 Å². The monoisotopic (exact) mass is 432 g/mol. The minimum absolute atomic E-state index is 0.0717. The Balaban J connectivity index is 1.69. The summed E-state index contributed by atoms with van der Waals surface area (Å²) < 4.78 is 38.2. The van der Waals surface area contributed by atoms with E-state index in [1.54, 1.807) is 12.1 Å². The van der Waals surface area contributed by atoms with Crippen LogP contribution in [-0.4, -0.2) is 45.9 Å². The van der Waals surface area contributed by atoms with Crippen LogP contribution in [0.15, 0.2) is 41.3 Å². The first-order valence-electron chi connectivity index (χ1n) is 9.86.